The van der Waals surface area contributed by atoms with E-state index in [-0.39, 0.29) is 23.9 Å². The lowest BCUT2D eigenvalue weighted by Gasteiger charge is -2.27. The third-order valence-corrected chi connectivity index (χ3v) is 3.59. The van der Waals surface area contributed by atoms with Gasteiger partial charge in [0.25, 0.3) is 0 Å². The van der Waals surface area contributed by atoms with Gasteiger partial charge in [-0.3, -0.25) is 10.1 Å². The lowest BCUT2D eigenvalue weighted by atomic mass is 9.95. The van der Waals surface area contributed by atoms with Crippen molar-refractivity contribution < 1.29 is 4.79 Å². The quantitative estimate of drug-likeness (QED) is 0.856. The Labute approximate surface area is 126 Å². The molecule has 110 valence electrons. The first-order valence-electron chi connectivity index (χ1n) is 7.25. The van der Waals surface area contributed by atoms with E-state index in [0.29, 0.717) is 0 Å². The molecule has 0 saturated carbocycles. The minimum absolute atomic E-state index is 0.0488. The van der Waals surface area contributed by atoms with E-state index in [1.165, 1.54) is 0 Å². The maximum Gasteiger partial charge on any atom is 0.234 e. The number of benzene rings is 2. The van der Waals surface area contributed by atoms with E-state index >= 15 is 0 Å². The standard InChI is InChI=1S/C18H22N2O/c1-13(2)16(18(19)21)20-17(14-9-5-3-6-10-14)15-11-7-4-8-12-15/h3-13,16-17,20H,1-2H3,(H2,19,21). The smallest absolute Gasteiger partial charge is 0.234 e. The Morgan fingerprint density at radius 2 is 1.33 bits per heavy atom. The van der Waals surface area contributed by atoms with Crippen molar-refractivity contribution in [2.75, 3.05) is 0 Å². The number of primary amides is 1. The molecule has 1 unspecified atom stereocenters. The molecule has 0 aliphatic heterocycles. The van der Waals surface area contributed by atoms with Crippen LogP contribution in [0.1, 0.15) is 31.0 Å². The number of rotatable bonds is 6. The van der Waals surface area contributed by atoms with Crippen LogP contribution in [0.2, 0.25) is 0 Å². The van der Waals surface area contributed by atoms with Gasteiger partial charge in [0.05, 0.1) is 12.1 Å². The summed E-state index contributed by atoms with van der Waals surface area (Å²) in [6.07, 6.45) is 0. The molecule has 0 aliphatic carbocycles. The summed E-state index contributed by atoms with van der Waals surface area (Å²) in [7, 11) is 0. The minimum Gasteiger partial charge on any atom is -0.368 e. The first kappa shape index (κ1) is 15.3. The molecular weight excluding hydrogens is 260 g/mol. The maximum absolute atomic E-state index is 11.7. The van der Waals surface area contributed by atoms with Gasteiger partial charge < -0.3 is 5.73 Å². The molecule has 1 atom stereocenters. The predicted molar refractivity (Wildman–Crippen MR) is 85.7 cm³/mol. The molecule has 0 fully saturated rings. The van der Waals surface area contributed by atoms with Gasteiger partial charge in [-0.05, 0) is 17.0 Å². The van der Waals surface area contributed by atoms with Crippen LogP contribution in [-0.2, 0) is 4.79 Å². The Kier molecular flexibility index (Phi) is 5.12. The van der Waals surface area contributed by atoms with E-state index in [1.807, 2.05) is 50.2 Å². The van der Waals surface area contributed by atoms with Gasteiger partial charge in [-0.15, -0.1) is 0 Å². The van der Waals surface area contributed by atoms with E-state index in [9.17, 15) is 4.79 Å². The lowest BCUT2D eigenvalue weighted by Crippen LogP contribution is -2.46. The number of hydrogen-bond donors (Lipinski definition) is 2. The number of nitrogens with one attached hydrogen (secondary N) is 1. The molecule has 0 aliphatic rings. The van der Waals surface area contributed by atoms with Crippen molar-refractivity contribution in [3.05, 3.63) is 71.8 Å². The fourth-order valence-corrected chi connectivity index (χ4v) is 2.46. The van der Waals surface area contributed by atoms with Crippen LogP contribution in [0.5, 0.6) is 0 Å². The molecule has 0 bridgehead atoms. The highest BCUT2D eigenvalue weighted by Gasteiger charge is 2.24. The second-order valence-electron chi connectivity index (χ2n) is 5.55. The van der Waals surface area contributed by atoms with Crippen molar-refractivity contribution in [2.24, 2.45) is 11.7 Å². The molecule has 0 radical (unpaired) electrons. The second kappa shape index (κ2) is 7.04. The Hall–Kier alpha value is -2.13. The van der Waals surface area contributed by atoms with E-state index in [1.54, 1.807) is 0 Å². The van der Waals surface area contributed by atoms with Crippen LogP contribution in [0.3, 0.4) is 0 Å². The van der Waals surface area contributed by atoms with Gasteiger partial charge in [0, 0.05) is 0 Å². The summed E-state index contributed by atoms with van der Waals surface area (Å²) in [5, 5.41) is 3.41. The highest BCUT2D eigenvalue weighted by Crippen LogP contribution is 2.23. The summed E-state index contributed by atoms with van der Waals surface area (Å²) >= 11 is 0. The topological polar surface area (TPSA) is 55.1 Å². The van der Waals surface area contributed by atoms with Crippen molar-refractivity contribution in [3.63, 3.8) is 0 Å². The number of carbonyl (C=O) groups is 1. The van der Waals surface area contributed by atoms with Gasteiger partial charge in [0.15, 0.2) is 0 Å². The number of hydrogen-bond acceptors (Lipinski definition) is 2. The van der Waals surface area contributed by atoms with Crippen LogP contribution in [0.15, 0.2) is 60.7 Å². The van der Waals surface area contributed by atoms with Gasteiger partial charge in [-0.1, -0.05) is 74.5 Å². The summed E-state index contributed by atoms with van der Waals surface area (Å²) in [5.41, 5.74) is 7.78. The highest BCUT2D eigenvalue weighted by molar-refractivity contribution is 5.80. The molecule has 0 spiro atoms. The average molecular weight is 282 g/mol. The second-order valence-corrected chi connectivity index (χ2v) is 5.55. The van der Waals surface area contributed by atoms with Crippen LogP contribution < -0.4 is 11.1 Å². The number of carbonyl (C=O) groups excluding carboxylic acids is 1. The zero-order chi connectivity index (χ0) is 15.2. The van der Waals surface area contributed by atoms with Gasteiger partial charge in [0.2, 0.25) is 5.91 Å². The summed E-state index contributed by atoms with van der Waals surface area (Å²) in [6, 6.07) is 19.8. The molecule has 3 N–H and O–H groups in total. The van der Waals surface area contributed by atoms with Crippen LogP contribution in [0.4, 0.5) is 0 Å². The molecule has 2 aromatic carbocycles. The molecular formula is C18H22N2O. The Balaban J connectivity index is 2.35. The zero-order valence-electron chi connectivity index (χ0n) is 12.5. The largest absolute Gasteiger partial charge is 0.368 e. The average Bonchev–Trinajstić information content (AvgIpc) is 2.49. The molecule has 2 rings (SSSR count). The summed E-state index contributed by atoms with van der Waals surface area (Å²) in [5.74, 6) is -0.181. The molecule has 0 saturated heterocycles. The molecule has 21 heavy (non-hydrogen) atoms. The first-order valence-corrected chi connectivity index (χ1v) is 7.25. The van der Waals surface area contributed by atoms with Gasteiger partial charge in [-0.25, -0.2) is 0 Å². The fourth-order valence-electron chi connectivity index (χ4n) is 2.46. The van der Waals surface area contributed by atoms with Crippen LogP contribution in [0.25, 0.3) is 0 Å². The third kappa shape index (κ3) is 3.92. The minimum atomic E-state index is -0.365. The highest BCUT2D eigenvalue weighted by atomic mass is 16.1. The SMILES string of the molecule is CC(C)C(NC(c1ccccc1)c1ccccc1)C(N)=O. The van der Waals surface area contributed by atoms with Gasteiger partial charge >= 0.3 is 0 Å². The molecule has 3 nitrogen and oxygen atoms in total. The van der Waals surface area contributed by atoms with Crippen LogP contribution in [0, 0.1) is 5.92 Å². The van der Waals surface area contributed by atoms with Gasteiger partial charge in [-0.2, -0.15) is 0 Å². The number of nitrogens with two attached hydrogens (primary N) is 1. The monoisotopic (exact) mass is 282 g/mol. The maximum atomic E-state index is 11.7. The zero-order valence-corrected chi connectivity index (χ0v) is 12.5. The Morgan fingerprint density at radius 3 is 1.67 bits per heavy atom. The fraction of sp³-hybridized carbons (Fsp3) is 0.278. The van der Waals surface area contributed by atoms with Crippen LogP contribution >= 0.6 is 0 Å². The van der Waals surface area contributed by atoms with E-state index < -0.39 is 0 Å². The molecule has 0 heterocycles. The van der Waals surface area contributed by atoms with Gasteiger partial charge in [0.1, 0.15) is 0 Å². The Morgan fingerprint density at radius 1 is 0.905 bits per heavy atom. The normalized spacial score (nSPS) is 12.6. The van der Waals surface area contributed by atoms with Crippen molar-refractivity contribution in [3.8, 4) is 0 Å². The summed E-state index contributed by atoms with van der Waals surface area (Å²) < 4.78 is 0. The number of amides is 1. The van der Waals surface area contributed by atoms with Crippen molar-refractivity contribution in [1.82, 2.24) is 5.32 Å². The molecule has 2 aromatic rings. The predicted octanol–water partition coefficient (Wildman–Crippen LogP) is 2.88. The van der Waals surface area contributed by atoms with Crippen molar-refractivity contribution >= 4 is 5.91 Å². The van der Waals surface area contributed by atoms with E-state index in [4.69, 9.17) is 5.73 Å². The van der Waals surface area contributed by atoms with E-state index in [2.05, 4.69) is 29.6 Å². The first-order chi connectivity index (χ1) is 10.1. The molecule has 3 heteroatoms. The lowest BCUT2D eigenvalue weighted by molar-refractivity contribution is -0.121. The summed E-state index contributed by atoms with van der Waals surface area (Å²) in [6.45, 7) is 3.99. The molecule has 1 amide bonds. The van der Waals surface area contributed by atoms with Crippen LogP contribution in [-0.4, -0.2) is 11.9 Å². The summed E-state index contributed by atoms with van der Waals surface area (Å²) in [4.78, 5) is 11.7. The van der Waals surface area contributed by atoms with E-state index in [0.717, 1.165) is 11.1 Å². The molecule has 0 aromatic heterocycles. The Bertz CT molecular complexity index is 527. The third-order valence-electron chi connectivity index (χ3n) is 3.59. The van der Waals surface area contributed by atoms with Crippen molar-refractivity contribution in [2.45, 2.75) is 25.9 Å². The van der Waals surface area contributed by atoms with Crippen molar-refractivity contribution in [1.29, 1.82) is 0 Å².